The van der Waals surface area contributed by atoms with Crippen molar-refractivity contribution in [3.63, 3.8) is 0 Å². The first-order valence-electron chi connectivity index (χ1n) is 15.0. The Kier molecular flexibility index (Phi) is 8.36. The fourth-order valence-electron chi connectivity index (χ4n) is 6.48. The zero-order valence-corrected chi connectivity index (χ0v) is 25.2. The van der Waals surface area contributed by atoms with E-state index in [9.17, 15) is 14.3 Å². The standard InChI is InChI=1S/C35H33FN4O2.CH2O2/c1-21-3-11-30-31(17-21)38-34(37-30)33(29-19-27(36)10-12-32(29)41)40-20-26-9-8-25(18-28(26)35(40)42)23-6-4-22(5-7-23)24-13-15-39(2)16-14-24;2-1-3/h3-12,17-19,24,33,41H,13-16,20H2,1-2H3,(H,37,38);1H,(H,2,3). The fraction of sp³-hybridized carbons (Fsp3) is 0.250. The molecular weight excluding hydrogens is 571 g/mol. The fourth-order valence-corrected chi connectivity index (χ4v) is 6.48. The average molecular weight is 607 g/mol. The molecule has 1 unspecified atom stereocenters. The minimum Gasteiger partial charge on any atom is -0.508 e. The third kappa shape index (κ3) is 6.04. The highest BCUT2D eigenvalue weighted by molar-refractivity contribution is 6.00. The number of phenolic OH excluding ortho intramolecular Hbond substituents is 1. The lowest BCUT2D eigenvalue weighted by atomic mass is 9.88. The van der Waals surface area contributed by atoms with Crippen molar-refractivity contribution >= 4 is 23.4 Å². The number of carboxylic acid groups (broad SMARTS) is 1. The van der Waals surface area contributed by atoms with Crippen LogP contribution in [0.25, 0.3) is 22.2 Å². The van der Waals surface area contributed by atoms with E-state index in [-0.39, 0.29) is 23.7 Å². The molecule has 230 valence electrons. The van der Waals surface area contributed by atoms with Crippen molar-refractivity contribution < 1.29 is 24.2 Å². The van der Waals surface area contributed by atoms with Crippen LogP contribution in [0.1, 0.15) is 63.2 Å². The normalized spacial score (nSPS) is 15.9. The van der Waals surface area contributed by atoms with Crippen molar-refractivity contribution in [2.24, 2.45) is 0 Å². The Balaban J connectivity index is 0.00000115. The van der Waals surface area contributed by atoms with Gasteiger partial charge in [0, 0.05) is 17.7 Å². The second kappa shape index (κ2) is 12.5. The van der Waals surface area contributed by atoms with E-state index in [4.69, 9.17) is 14.9 Å². The van der Waals surface area contributed by atoms with E-state index >= 15 is 0 Å². The maximum atomic E-state index is 14.5. The minimum atomic E-state index is -0.800. The number of fused-ring (bicyclic) bond motifs is 2. The van der Waals surface area contributed by atoms with Gasteiger partial charge < -0.3 is 25.0 Å². The molecular formula is C36H35FN4O4. The van der Waals surface area contributed by atoms with Gasteiger partial charge in [-0.05, 0) is 110 Å². The summed E-state index contributed by atoms with van der Waals surface area (Å²) in [6.07, 6.45) is 2.35. The van der Waals surface area contributed by atoms with E-state index in [1.807, 2.05) is 37.3 Å². The number of H-pyrrole nitrogens is 1. The van der Waals surface area contributed by atoms with Crippen molar-refractivity contribution in [2.75, 3.05) is 20.1 Å². The van der Waals surface area contributed by atoms with Gasteiger partial charge in [-0.25, -0.2) is 9.37 Å². The summed E-state index contributed by atoms with van der Waals surface area (Å²) in [5.41, 5.74) is 7.83. The molecule has 0 spiro atoms. The monoisotopic (exact) mass is 606 g/mol. The number of aromatic amines is 1. The molecule has 3 heterocycles. The van der Waals surface area contributed by atoms with Crippen LogP contribution in [-0.2, 0) is 11.3 Å². The Hall–Kier alpha value is -5.02. The predicted octanol–water partition coefficient (Wildman–Crippen LogP) is 6.64. The number of hydrogen-bond donors (Lipinski definition) is 3. The summed E-state index contributed by atoms with van der Waals surface area (Å²) in [4.78, 5) is 34.5. The highest BCUT2D eigenvalue weighted by atomic mass is 19.1. The van der Waals surface area contributed by atoms with E-state index in [0.29, 0.717) is 23.9 Å². The number of aromatic nitrogens is 2. The number of hydrogen-bond acceptors (Lipinski definition) is 5. The molecule has 9 heteroatoms. The van der Waals surface area contributed by atoms with Gasteiger partial charge in [0.2, 0.25) is 0 Å². The van der Waals surface area contributed by atoms with Crippen LogP contribution in [0, 0.1) is 12.7 Å². The maximum Gasteiger partial charge on any atom is 0.290 e. The molecule has 1 amide bonds. The van der Waals surface area contributed by atoms with E-state index in [2.05, 4.69) is 47.3 Å². The molecule has 1 atom stereocenters. The first-order valence-corrected chi connectivity index (χ1v) is 15.0. The number of nitrogens with one attached hydrogen (secondary N) is 1. The summed E-state index contributed by atoms with van der Waals surface area (Å²) in [5.74, 6) is 0.299. The third-order valence-corrected chi connectivity index (χ3v) is 8.89. The van der Waals surface area contributed by atoms with Gasteiger partial charge in [-0.3, -0.25) is 9.59 Å². The van der Waals surface area contributed by atoms with E-state index in [0.717, 1.165) is 46.4 Å². The number of carbonyl (C=O) groups excluding carboxylic acids is 1. The van der Waals surface area contributed by atoms with Gasteiger partial charge in [0.1, 0.15) is 23.4 Å². The number of halogens is 1. The largest absolute Gasteiger partial charge is 0.508 e. The Morgan fingerprint density at radius 2 is 1.69 bits per heavy atom. The highest BCUT2D eigenvalue weighted by Crippen LogP contribution is 2.40. The lowest BCUT2D eigenvalue weighted by Gasteiger charge is -2.29. The van der Waals surface area contributed by atoms with Gasteiger partial charge in [0.25, 0.3) is 12.4 Å². The predicted molar refractivity (Wildman–Crippen MR) is 171 cm³/mol. The molecule has 3 N–H and O–H groups in total. The van der Waals surface area contributed by atoms with Gasteiger partial charge in [0.15, 0.2) is 0 Å². The number of amides is 1. The lowest BCUT2D eigenvalue weighted by Crippen LogP contribution is -2.31. The average Bonchev–Trinajstić information content (AvgIpc) is 3.60. The molecule has 7 rings (SSSR count). The van der Waals surface area contributed by atoms with Crippen LogP contribution in [-0.4, -0.2) is 62.5 Å². The summed E-state index contributed by atoms with van der Waals surface area (Å²) in [5, 5.41) is 17.7. The van der Waals surface area contributed by atoms with Crippen molar-refractivity contribution in [3.05, 3.63) is 118 Å². The topological polar surface area (TPSA) is 110 Å². The summed E-state index contributed by atoms with van der Waals surface area (Å²) in [7, 11) is 2.18. The van der Waals surface area contributed by atoms with Crippen molar-refractivity contribution in [1.29, 1.82) is 0 Å². The number of likely N-dealkylation sites (tertiary alicyclic amines) is 1. The summed E-state index contributed by atoms with van der Waals surface area (Å²) in [6.45, 7) is 4.31. The molecule has 1 fully saturated rings. The van der Waals surface area contributed by atoms with Crippen molar-refractivity contribution in [3.8, 4) is 16.9 Å². The van der Waals surface area contributed by atoms with E-state index < -0.39 is 11.9 Å². The molecule has 2 aliphatic rings. The Bertz CT molecular complexity index is 1860. The van der Waals surface area contributed by atoms with Crippen molar-refractivity contribution in [2.45, 2.75) is 38.3 Å². The summed E-state index contributed by atoms with van der Waals surface area (Å²) < 4.78 is 14.5. The van der Waals surface area contributed by atoms with Crippen molar-refractivity contribution in [1.82, 2.24) is 19.8 Å². The van der Waals surface area contributed by atoms with E-state index in [1.54, 1.807) is 4.90 Å². The first kappa shape index (κ1) is 30.0. The van der Waals surface area contributed by atoms with Crippen LogP contribution in [0.4, 0.5) is 4.39 Å². The van der Waals surface area contributed by atoms with Crippen LogP contribution in [0.15, 0.2) is 78.9 Å². The van der Waals surface area contributed by atoms with Crippen LogP contribution in [0.2, 0.25) is 0 Å². The number of piperidine rings is 1. The second-order valence-corrected chi connectivity index (χ2v) is 11.9. The zero-order chi connectivity index (χ0) is 31.7. The molecule has 2 aliphatic heterocycles. The molecule has 0 radical (unpaired) electrons. The Morgan fingerprint density at radius 3 is 2.42 bits per heavy atom. The maximum absolute atomic E-state index is 14.5. The smallest absolute Gasteiger partial charge is 0.290 e. The first-order chi connectivity index (χ1) is 21.7. The quantitative estimate of drug-likeness (QED) is 0.194. The van der Waals surface area contributed by atoms with E-state index in [1.165, 1.54) is 36.6 Å². The summed E-state index contributed by atoms with van der Waals surface area (Å²) in [6, 6.07) is 23.6. The molecule has 1 saturated heterocycles. The summed E-state index contributed by atoms with van der Waals surface area (Å²) >= 11 is 0. The highest BCUT2D eigenvalue weighted by Gasteiger charge is 2.37. The van der Waals surface area contributed by atoms with Gasteiger partial charge in [-0.2, -0.15) is 0 Å². The number of phenols is 1. The van der Waals surface area contributed by atoms with Crippen LogP contribution >= 0.6 is 0 Å². The minimum absolute atomic E-state index is 0.0906. The molecule has 0 aliphatic carbocycles. The SMILES string of the molecule is Cc1ccc2nc(C(c3cc(F)ccc3O)N3Cc4ccc(-c5ccc(C6CCN(C)CC6)cc5)cc4C3=O)[nH]c2c1.O=CO. The molecule has 4 aromatic carbocycles. The number of aromatic hydroxyl groups is 1. The third-order valence-electron chi connectivity index (χ3n) is 8.89. The molecule has 8 nitrogen and oxygen atoms in total. The van der Waals surface area contributed by atoms with Crippen LogP contribution in [0.3, 0.4) is 0 Å². The molecule has 1 aromatic heterocycles. The van der Waals surface area contributed by atoms with Gasteiger partial charge >= 0.3 is 0 Å². The lowest BCUT2D eigenvalue weighted by molar-refractivity contribution is -0.122. The Labute approximate surface area is 260 Å². The molecule has 0 saturated carbocycles. The molecule has 45 heavy (non-hydrogen) atoms. The van der Waals surface area contributed by atoms with Gasteiger partial charge in [-0.1, -0.05) is 42.5 Å². The molecule has 5 aromatic rings. The van der Waals surface area contributed by atoms with Crippen LogP contribution in [0.5, 0.6) is 5.75 Å². The number of nitrogens with zero attached hydrogens (tertiary/aromatic N) is 3. The van der Waals surface area contributed by atoms with Gasteiger partial charge in [-0.15, -0.1) is 0 Å². The zero-order valence-electron chi connectivity index (χ0n) is 25.2. The van der Waals surface area contributed by atoms with Crippen LogP contribution < -0.4 is 0 Å². The Morgan fingerprint density at radius 1 is 0.978 bits per heavy atom. The number of carbonyl (C=O) groups is 2. The number of benzene rings is 4. The number of imidazole rings is 1. The van der Waals surface area contributed by atoms with Gasteiger partial charge in [0.05, 0.1) is 11.0 Å². The second-order valence-electron chi connectivity index (χ2n) is 11.9. The molecule has 0 bridgehead atoms. The number of rotatable bonds is 5. The number of aryl methyl sites for hydroxylation is 1.